The molecule has 144 valence electrons. The molecule has 0 radical (unpaired) electrons. The van der Waals surface area contributed by atoms with E-state index in [-0.39, 0.29) is 11.8 Å². The number of carbonyl (C=O) groups excluding carboxylic acids is 1. The number of aromatic nitrogens is 1. The number of hydrogen-bond donors (Lipinski definition) is 3. The van der Waals surface area contributed by atoms with Crippen LogP contribution in [0.2, 0.25) is 0 Å². The molecule has 0 unspecified atom stereocenters. The highest BCUT2D eigenvalue weighted by Gasteiger charge is 2.12. The van der Waals surface area contributed by atoms with Crippen LogP contribution in [0, 0.1) is 0 Å². The molecule has 0 atom stereocenters. The second-order valence-electron chi connectivity index (χ2n) is 6.09. The first-order valence-electron chi connectivity index (χ1n) is 8.58. The van der Waals surface area contributed by atoms with Crippen molar-refractivity contribution in [3.8, 4) is 0 Å². The maximum atomic E-state index is 12.3. The Labute approximate surface area is 163 Å². The van der Waals surface area contributed by atoms with Crippen molar-refractivity contribution in [3.63, 3.8) is 0 Å². The number of anilines is 2. The zero-order valence-corrected chi connectivity index (χ0v) is 15.8. The van der Waals surface area contributed by atoms with Gasteiger partial charge in [0.15, 0.2) is 0 Å². The second-order valence-corrected chi connectivity index (χ2v) is 7.81. The molecule has 2 aromatic carbocycles. The van der Waals surface area contributed by atoms with E-state index in [9.17, 15) is 13.2 Å². The van der Waals surface area contributed by atoms with E-state index in [1.807, 2.05) is 18.2 Å². The first-order chi connectivity index (χ1) is 13.5. The Kier molecular flexibility index (Phi) is 6.23. The Morgan fingerprint density at radius 1 is 0.821 bits per heavy atom. The molecule has 0 fully saturated rings. The number of sulfonamides is 1. The number of rotatable bonds is 7. The highest BCUT2D eigenvalue weighted by Crippen LogP contribution is 2.15. The number of urea groups is 1. The predicted molar refractivity (Wildman–Crippen MR) is 109 cm³/mol. The van der Waals surface area contributed by atoms with E-state index < -0.39 is 10.0 Å². The van der Waals surface area contributed by atoms with Gasteiger partial charge in [-0.05, 0) is 47.5 Å². The zero-order chi connectivity index (χ0) is 19.8. The van der Waals surface area contributed by atoms with Gasteiger partial charge in [-0.3, -0.25) is 9.71 Å². The van der Waals surface area contributed by atoms with Crippen molar-refractivity contribution < 1.29 is 13.2 Å². The van der Waals surface area contributed by atoms with Crippen molar-refractivity contribution in [1.29, 1.82) is 0 Å². The number of amides is 2. The maximum Gasteiger partial charge on any atom is 0.319 e. The summed E-state index contributed by atoms with van der Waals surface area (Å²) < 4.78 is 27.0. The summed E-state index contributed by atoms with van der Waals surface area (Å²) in [5.74, 6) is -0.156. The molecule has 3 aromatic rings. The van der Waals surface area contributed by atoms with E-state index in [1.54, 1.807) is 60.9 Å². The predicted octanol–water partition coefficient (Wildman–Crippen LogP) is 3.35. The summed E-state index contributed by atoms with van der Waals surface area (Å²) in [6.45, 7) is 0.385. The fraction of sp³-hybridized carbons (Fsp3) is 0.100. The molecule has 0 aliphatic rings. The molecule has 0 bridgehead atoms. The van der Waals surface area contributed by atoms with Gasteiger partial charge in [0.05, 0.1) is 5.75 Å². The second kappa shape index (κ2) is 9.01. The summed E-state index contributed by atoms with van der Waals surface area (Å²) in [5, 5.41) is 5.46. The van der Waals surface area contributed by atoms with Crippen molar-refractivity contribution in [1.82, 2.24) is 10.3 Å². The minimum Gasteiger partial charge on any atom is -0.334 e. The molecule has 7 nitrogen and oxygen atoms in total. The van der Waals surface area contributed by atoms with E-state index in [4.69, 9.17) is 0 Å². The van der Waals surface area contributed by atoms with Crippen LogP contribution in [0.5, 0.6) is 0 Å². The van der Waals surface area contributed by atoms with Crippen molar-refractivity contribution in [2.24, 2.45) is 0 Å². The van der Waals surface area contributed by atoms with Crippen LogP contribution in [0.4, 0.5) is 16.2 Å². The average molecular weight is 396 g/mol. The Morgan fingerprint density at radius 2 is 1.50 bits per heavy atom. The summed E-state index contributed by atoms with van der Waals surface area (Å²) in [6, 6.07) is 18.7. The largest absolute Gasteiger partial charge is 0.334 e. The average Bonchev–Trinajstić information content (AvgIpc) is 2.69. The maximum absolute atomic E-state index is 12.3. The molecule has 3 rings (SSSR count). The fourth-order valence-electron chi connectivity index (χ4n) is 2.48. The zero-order valence-electron chi connectivity index (χ0n) is 15.0. The van der Waals surface area contributed by atoms with Crippen LogP contribution >= 0.6 is 0 Å². The van der Waals surface area contributed by atoms with Gasteiger partial charge in [-0.2, -0.15) is 0 Å². The van der Waals surface area contributed by atoms with Gasteiger partial charge >= 0.3 is 6.03 Å². The lowest BCUT2D eigenvalue weighted by atomic mass is 10.2. The van der Waals surface area contributed by atoms with Gasteiger partial charge in [0.2, 0.25) is 10.0 Å². The van der Waals surface area contributed by atoms with Crippen molar-refractivity contribution in [2.45, 2.75) is 12.3 Å². The molecule has 1 aromatic heterocycles. The van der Waals surface area contributed by atoms with Gasteiger partial charge in [0, 0.05) is 30.3 Å². The monoisotopic (exact) mass is 396 g/mol. The summed E-state index contributed by atoms with van der Waals surface area (Å²) in [4.78, 5) is 15.9. The third kappa shape index (κ3) is 6.10. The van der Waals surface area contributed by atoms with Crippen molar-refractivity contribution in [3.05, 3.63) is 90.3 Å². The van der Waals surface area contributed by atoms with Crippen LogP contribution in [-0.2, 0) is 22.3 Å². The summed E-state index contributed by atoms with van der Waals surface area (Å²) in [5.41, 5.74) is 2.65. The molecule has 28 heavy (non-hydrogen) atoms. The third-order valence-electron chi connectivity index (χ3n) is 3.82. The quantitative estimate of drug-likeness (QED) is 0.570. The SMILES string of the molecule is O=C(NCc1ccncc1)Nc1ccc(CS(=O)(=O)Nc2ccccc2)cc1. The van der Waals surface area contributed by atoms with Crippen LogP contribution in [0.3, 0.4) is 0 Å². The smallest absolute Gasteiger partial charge is 0.319 e. The highest BCUT2D eigenvalue weighted by molar-refractivity contribution is 7.91. The first kappa shape index (κ1) is 19.4. The Morgan fingerprint density at radius 3 is 2.18 bits per heavy atom. The summed E-state index contributed by atoms with van der Waals surface area (Å²) in [7, 11) is -3.52. The van der Waals surface area contributed by atoms with Crippen molar-refractivity contribution >= 4 is 27.4 Å². The van der Waals surface area contributed by atoms with Gasteiger partial charge in [-0.1, -0.05) is 30.3 Å². The molecule has 1 heterocycles. The number of carbonyl (C=O) groups is 1. The highest BCUT2D eigenvalue weighted by atomic mass is 32.2. The molecule has 3 N–H and O–H groups in total. The van der Waals surface area contributed by atoms with Crippen LogP contribution < -0.4 is 15.4 Å². The van der Waals surface area contributed by atoms with Gasteiger partial charge in [0.1, 0.15) is 0 Å². The Balaban J connectivity index is 1.52. The van der Waals surface area contributed by atoms with Crippen LogP contribution in [0.25, 0.3) is 0 Å². The molecule has 0 aliphatic carbocycles. The number of benzene rings is 2. The van der Waals surface area contributed by atoms with Crippen LogP contribution in [0.1, 0.15) is 11.1 Å². The number of hydrogen-bond acceptors (Lipinski definition) is 4. The molecule has 0 spiro atoms. The third-order valence-corrected chi connectivity index (χ3v) is 5.08. The van der Waals surface area contributed by atoms with Crippen LogP contribution in [0.15, 0.2) is 79.1 Å². The lowest BCUT2D eigenvalue weighted by Gasteiger charge is -2.10. The molecule has 8 heteroatoms. The first-order valence-corrected chi connectivity index (χ1v) is 10.2. The van der Waals surface area contributed by atoms with Gasteiger partial charge in [-0.25, -0.2) is 13.2 Å². The Hall–Kier alpha value is -3.39. The standard InChI is InChI=1S/C20H20N4O3S/c25-20(22-14-16-10-12-21-13-11-16)23-18-8-6-17(7-9-18)15-28(26,27)24-19-4-2-1-3-5-19/h1-13,24H,14-15H2,(H2,22,23,25). The number of para-hydroxylation sites is 1. The number of nitrogens with zero attached hydrogens (tertiary/aromatic N) is 1. The number of nitrogens with one attached hydrogen (secondary N) is 3. The summed E-state index contributed by atoms with van der Waals surface area (Å²) >= 11 is 0. The Bertz CT molecular complexity index is 1010. The van der Waals surface area contributed by atoms with Crippen LogP contribution in [-0.4, -0.2) is 19.4 Å². The molecule has 0 aliphatic heterocycles. The lowest BCUT2D eigenvalue weighted by Crippen LogP contribution is -2.28. The van der Waals surface area contributed by atoms with E-state index in [1.165, 1.54) is 0 Å². The minimum atomic E-state index is -3.52. The minimum absolute atomic E-state index is 0.156. The molecular weight excluding hydrogens is 376 g/mol. The molecular formula is C20H20N4O3S. The van der Waals surface area contributed by atoms with E-state index >= 15 is 0 Å². The summed E-state index contributed by atoms with van der Waals surface area (Å²) in [6.07, 6.45) is 3.32. The fourth-order valence-corrected chi connectivity index (χ4v) is 3.68. The van der Waals surface area contributed by atoms with Gasteiger partial charge < -0.3 is 10.6 Å². The van der Waals surface area contributed by atoms with Gasteiger partial charge in [0.25, 0.3) is 0 Å². The lowest BCUT2D eigenvalue weighted by molar-refractivity contribution is 0.251. The molecule has 2 amide bonds. The molecule has 0 saturated heterocycles. The van der Waals surface area contributed by atoms with Gasteiger partial charge in [-0.15, -0.1) is 0 Å². The normalized spacial score (nSPS) is 10.9. The number of pyridine rings is 1. The van der Waals surface area contributed by atoms with Crippen molar-refractivity contribution in [2.75, 3.05) is 10.0 Å². The van der Waals surface area contributed by atoms with E-state index in [0.29, 0.717) is 23.5 Å². The topological polar surface area (TPSA) is 100 Å². The van der Waals surface area contributed by atoms with E-state index in [2.05, 4.69) is 20.3 Å². The van der Waals surface area contributed by atoms with E-state index in [0.717, 1.165) is 5.56 Å². The molecule has 0 saturated carbocycles.